The van der Waals surface area contributed by atoms with Crippen LogP contribution in [0.5, 0.6) is 5.75 Å². The summed E-state index contributed by atoms with van der Waals surface area (Å²) in [6, 6.07) is 6.07. The highest BCUT2D eigenvalue weighted by atomic mass is 19.1. The lowest BCUT2D eigenvalue weighted by molar-refractivity contribution is 0.409. The summed E-state index contributed by atoms with van der Waals surface area (Å²) in [6.45, 7) is 1.46. The van der Waals surface area contributed by atoms with Crippen molar-refractivity contribution in [3.63, 3.8) is 0 Å². The molecule has 0 aliphatic heterocycles. The molecule has 0 bridgehead atoms. The van der Waals surface area contributed by atoms with Crippen LogP contribution in [-0.4, -0.2) is 7.11 Å². The van der Waals surface area contributed by atoms with Crippen molar-refractivity contribution >= 4 is 0 Å². The molecule has 0 aliphatic carbocycles. The Morgan fingerprint density at radius 1 is 1.57 bits per heavy atom. The van der Waals surface area contributed by atoms with Gasteiger partial charge in [0.2, 0.25) is 0 Å². The summed E-state index contributed by atoms with van der Waals surface area (Å²) >= 11 is 0. The summed E-state index contributed by atoms with van der Waals surface area (Å²) in [6.07, 6.45) is 0. The second-order valence-electron chi connectivity index (χ2n) is 3.16. The molecule has 0 fully saturated rings. The van der Waals surface area contributed by atoms with Crippen molar-refractivity contribution in [1.82, 2.24) is 0 Å². The van der Waals surface area contributed by atoms with Gasteiger partial charge in [0.15, 0.2) is 0 Å². The van der Waals surface area contributed by atoms with Gasteiger partial charge < -0.3 is 10.5 Å². The molecular formula is C10H11FN2O. The van der Waals surface area contributed by atoms with E-state index in [0.717, 1.165) is 0 Å². The molecule has 2 N–H and O–H groups in total. The first-order chi connectivity index (χ1) is 6.51. The number of nitrogens with two attached hydrogens (primary N) is 1. The number of ether oxygens (including phenoxy) is 1. The van der Waals surface area contributed by atoms with Crippen molar-refractivity contribution in [2.45, 2.75) is 12.5 Å². The molecule has 3 nitrogen and oxygen atoms in total. The van der Waals surface area contributed by atoms with Gasteiger partial charge >= 0.3 is 0 Å². The van der Waals surface area contributed by atoms with Crippen LogP contribution in [0.2, 0.25) is 0 Å². The van der Waals surface area contributed by atoms with E-state index in [4.69, 9.17) is 15.7 Å². The minimum atomic E-state index is -1.31. The zero-order valence-electron chi connectivity index (χ0n) is 8.04. The summed E-state index contributed by atoms with van der Waals surface area (Å²) in [7, 11) is 1.44. The standard InChI is InChI=1S/C10H11FN2O/c1-10(13,6-12)8-4-3-7(14-2)5-9(8)11/h3-5H,13H2,1-2H3/t10-/m1/s1. The highest BCUT2D eigenvalue weighted by molar-refractivity contribution is 5.36. The lowest BCUT2D eigenvalue weighted by Crippen LogP contribution is -2.31. The van der Waals surface area contributed by atoms with Crippen molar-refractivity contribution < 1.29 is 9.13 Å². The summed E-state index contributed by atoms with van der Waals surface area (Å²) in [5, 5.41) is 8.73. The van der Waals surface area contributed by atoms with E-state index in [0.29, 0.717) is 5.75 Å². The fraction of sp³-hybridized carbons (Fsp3) is 0.300. The first kappa shape index (κ1) is 10.5. The van der Waals surface area contributed by atoms with Gasteiger partial charge in [0.25, 0.3) is 0 Å². The van der Waals surface area contributed by atoms with E-state index >= 15 is 0 Å². The Hall–Kier alpha value is -1.60. The van der Waals surface area contributed by atoms with Gasteiger partial charge in [-0.25, -0.2) is 4.39 Å². The minimum Gasteiger partial charge on any atom is -0.497 e. The fourth-order valence-electron chi connectivity index (χ4n) is 1.10. The molecule has 0 heterocycles. The Bertz CT molecular complexity index is 382. The molecule has 1 rings (SSSR count). The van der Waals surface area contributed by atoms with Gasteiger partial charge in [-0.05, 0) is 19.1 Å². The van der Waals surface area contributed by atoms with Gasteiger partial charge in [0.1, 0.15) is 17.1 Å². The fourth-order valence-corrected chi connectivity index (χ4v) is 1.10. The van der Waals surface area contributed by atoms with Crippen LogP contribution in [0.3, 0.4) is 0 Å². The number of nitriles is 1. The summed E-state index contributed by atoms with van der Waals surface area (Å²) < 4.78 is 18.2. The second-order valence-corrected chi connectivity index (χ2v) is 3.16. The molecule has 0 spiro atoms. The third-order valence-corrected chi connectivity index (χ3v) is 1.97. The van der Waals surface area contributed by atoms with Crippen LogP contribution in [-0.2, 0) is 5.54 Å². The van der Waals surface area contributed by atoms with Crippen LogP contribution in [0.15, 0.2) is 18.2 Å². The van der Waals surface area contributed by atoms with Crippen LogP contribution in [0.25, 0.3) is 0 Å². The number of benzene rings is 1. The molecule has 1 aromatic rings. The molecular weight excluding hydrogens is 183 g/mol. The van der Waals surface area contributed by atoms with Crippen LogP contribution >= 0.6 is 0 Å². The molecule has 0 unspecified atom stereocenters. The quantitative estimate of drug-likeness (QED) is 0.776. The van der Waals surface area contributed by atoms with Crippen molar-refractivity contribution in [2.24, 2.45) is 5.73 Å². The van der Waals surface area contributed by atoms with Gasteiger partial charge in [-0.2, -0.15) is 5.26 Å². The third-order valence-electron chi connectivity index (χ3n) is 1.97. The molecule has 0 aliphatic rings. The predicted molar refractivity (Wildman–Crippen MR) is 50.1 cm³/mol. The highest BCUT2D eigenvalue weighted by Crippen LogP contribution is 2.23. The maximum atomic E-state index is 13.4. The number of rotatable bonds is 2. The topological polar surface area (TPSA) is 59.0 Å². The number of hydrogen-bond acceptors (Lipinski definition) is 3. The van der Waals surface area contributed by atoms with E-state index < -0.39 is 11.4 Å². The van der Waals surface area contributed by atoms with Gasteiger partial charge in [0.05, 0.1) is 13.2 Å². The number of methoxy groups -OCH3 is 1. The summed E-state index contributed by atoms with van der Waals surface area (Å²) in [5.74, 6) is -0.129. The van der Waals surface area contributed by atoms with E-state index in [1.165, 1.54) is 26.2 Å². The number of nitrogens with zero attached hydrogens (tertiary/aromatic N) is 1. The lowest BCUT2D eigenvalue weighted by Gasteiger charge is -2.16. The highest BCUT2D eigenvalue weighted by Gasteiger charge is 2.24. The molecule has 0 saturated carbocycles. The number of hydrogen-bond donors (Lipinski definition) is 1. The molecule has 0 saturated heterocycles. The van der Waals surface area contributed by atoms with Crippen molar-refractivity contribution in [3.05, 3.63) is 29.6 Å². The molecule has 4 heteroatoms. The van der Waals surface area contributed by atoms with Gasteiger partial charge in [-0.3, -0.25) is 0 Å². The monoisotopic (exact) mass is 194 g/mol. The Morgan fingerprint density at radius 3 is 2.64 bits per heavy atom. The third kappa shape index (κ3) is 1.83. The average Bonchev–Trinajstić information content (AvgIpc) is 2.17. The molecule has 0 radical (unpaired) electrons. The lowest BCUT2D eigenvalue weighted by atomic mass is 9.94. The van der Waals surface area contributed by atoms with Crippen molar-refractivity contribution in [3.8, 4) is 11.8 Å². The van der Waals surface area contributed by atoms with Crippen molar-refractivity contribution in [1.29, 1.82) is 5.26 Å². The Morgan fingerprint density at radius 2 is 2.21 bits per heavy atom. The van der Waals surface area contributed by atoms with Crippen LogP contribution in [0, 0.1) is 17.1 Å². The molecule has 14 heavy (non-hydrogen) atoms. The predicted octanol–water partition coefficient (Wildman–Crippen LogP) is 1.53. The summed E-state index contributed by atoms with van der Waals surface area (Å²) in [4.78, 5) is 0. The summed E-state index contributed by atoms with van der Waals surface area (Å²) in [5.41, 5.74) is 4.45. The SMILES string of the molecule is COc1ccc([C@](C)(N)C#N)c(F)c1. The largest absolute Gasteiger partial charge is 0.497 e. The van der Waals surface area contributed by atoms with E-state index in [1.54, 1.807) is 6.07 Å². The zero-order chi connectivity index (χ0) is 10.8. The smallest absolute Gasteiger partial charge is 0.133 e. The molecule has 1 atom stereocenters. The van der Waals surface area contributed by atoms with E-state index in [-0.39, 0.29) is 5.56 Å². The van der Waals surface area contributed by atoms with Crippen LogP contribution in [0.1, 0.15) is 12.5 Å². The molecule has 0 amide bonds. The molecule has 1 aromatic carbocycles. The Labute approximate surface area is 81.9 Å². The maximum Gasteiger partial charge on any atom is 0.133 e. The molecule has 74 valence electrons. The zero-order valence-corrected chi connectivity index (χ0v) is 8.04. The first-order valence-corrected chi connectivity index (χ1v) is 4.05. The van der Waals surface area contributed by atoms with Crippen LogP contribution in [0.4, 0.5) is 4.39 Å². The normalized spacial score (nSPS) is 14.2. The van der Waals surface area contributed by atoms with Gasteiger partial charge in [0, 0.05) is 11.6 Å². The van der Waals surface area contributed by atoms with Gasteiger partial charge in [-0.15, -0.1) is 0 Å². The Balaban J connectivity index is 3.20. The van der Waals surface area contributed by atoms with E-state index in [2.05, 4.69) is 0 Å². The number of halogens is 1. The van der Waals surface area contributed by atoms with Gasteiger partial charge in [-0.1, -0.05) is 0 Å². The van der Waals surface area contributed by atoms with E-state index in [1.807, 2.05) is 6.07 Å². The maximum absolute atomic E-state index is 13.4. The van der Waals surface area contributed by atoms with Crippen molar-refractivity contribution in [2.75, 3.05) is 7.11 Å². The Kier molecular flexibility index (Phi) is 2.73. The average molecular weight is 194 g/mol. The van der Waals surface area contributed by atoms with Crippen LogP contribution < -0.4 is 10.5 Å². The second kappa shape index (κ2) is 3.64. The molecule has 0 aromatic heterocycles. The minimum absolute atomic E-state index is 0.167. The first-order valence-electron chi connectivity index (χ1n) is 4.05. The van der Waals surface area contributed by atoms with E-state index in [9.17, 15) is 4.39 Å².